The molecule has 0 saturated heterocycles. The molecule has 0 heterocycles. The molecule has 0 fully saturated rings. The van der Waals surface area contributed by atoms with Gasteiger partial charge in [0.15, 0.2) is 5.96 Å². The van der Waals surface area contributed by atoms with Crippen molar-refractivity contribution >= 4 is 5.96 Å². The van der Waals surface area contributed by atoms with Crippen molar-refractivity contribution in [1.29, 1.82) is 0 Å². The lowest BCUT2D eigenvalue weighted by Crippen LogP contribution is -2.39. The van der Waals surface area contributed by atoms with Crippen molar-refractivity contribution in [1.82, 2.24) is 10.6 Å². The molecule has 0 bridgehead atoms. The van der Waals surface area contributed by atoms with Gasteiger partial charge < -0.3 is 15.4 Å². The van der Waals surface area contributed by atoms with E-state index in [4.69, 9.17) is 4.74 Å². The molecule has 0 saturated carbocycles. The summed E-state index contributed by atoms with van der Waals surface area (Å²) in [4.78, 5) is 4.17. The Morgan fingerprint density at radius 1 is 0.957 bits per heavy atom. The molecule has 0 aliphatic carbocycles. The number of benzene rings is 2. The van der Waals surface area contributed by atoms with Gasteiger partial charge >= 0.3 is 0 Å². The number of hydrogen-bond acceptors (Lipinski definition) is 2. The molecular weight excluding hydrogens is 286 g/mol. The molecule has 23 heavy (non-hydrogen) atoms. The first-order chi connectivity index (χ1) is 11.3. The maximum atomic E-state index is 5.95. The highest BCUT2D eigenvalue weighted by molar-refractivity contribution is 5.79. The fourth-order valence-electron chi connectivity index (χ4n) is 2.24. The summed E-state index contributed by atoms with van der Waals surface area (Å²) in [5.41, 5.74) is 2.28. The highest BCUT2D eigenvalue weighted by Gasteiger charge is 2.05. The molecule has 0 aromatic heterocycles. The summed E-state index contributed by atoms with van der Waals surface area (Å²) in [7, 11) is 1.77. The maximum Gasteiger partial charge on any atom is 0.191 e. The van der Waals surface area contributed by atoms with E-state index < -0.39 is 0 Å². The summed E-state index contributed by atoms with van der Waals surface area (Å²) < 4.78 is 5.95. The fraction of sp³-hybridized carbons (Fsp3) is 0.316. The second-order valence-corrected chi connectivity index (χ2v) is 5.14. The third-order valence-electron chi connectivity index (χ3n) is 3.39. The van der Waals surface area contributed by atoms with Crippen LogP contribution in [0.25, 0.3) is 11.1 Å². The molecule has 2 rings (SSSR count). The zero-order valence-electron chi connectivity index (χ0n) is 13.9. The molecule has 0 unspecified atom stereocenters. The van der Waals surface area contributed by atoms with Crippen LogP contribution in [0.5, 0.6) is 5.75 Å². The molecule has 0 radical (unpaired) electrons. The van der Waals surface area contributed by atoms with E-state index in [1.807, 2.05) is 36.4 Å². The number of guanidine groups is 1. The quantitative estimate of drug-likeness (QED) is 0.468. The Morgan fingerprint density at radius 2 is 1.65 bits per heavy atom. The van der Waals surface area contributed by atoms with Gasteiger partial charge in [-0.15, -0.1) is 0 Å². The van der Waals surface area contributed by atoms with Gasteiger partial charge in [0.05, 0.1) is 6.54 Å². The minimum absolute atomic E-state index is 0.580. The van der Waals surface area contributed by atoms with Crippen molar-refractivity contribution in [2.45, 2.75) is 13.3 Å². The highest BCUT2D eigenvalue weighted by Crippen LogP contribution is 2.29. The van der Waals surface area contributed by atoms with E-state index in [0.717, 1.165) is 35.8 Å². The van der Waals surface area contributed by atoms with Crippen LogP contribution in [0.1, 0.15) is 13.3 Å². The number of para-hydroxylation sites is 1. The first kappa shape index (κ1) is 16.9. The third kappa shape index (κ3) is 5.33. The predicted octanol–water partition coefficient (Wildman–Crippen LogP) is 3.31. The Morgan fingerprint density at radius 3 is 2.39 bits per heavy atom. The van der Waals surface area contributed by atoms with Gasteiger partial charge in [0.1, 0.15) is 12.4 Å². The molecule has 4 nitrogen and oxygen atoms in total. The predicted molar refractivity (Wildman–Crippen MR) is 97.0 cm³/mol. The van der Waals surface area contributed by atoms with Gasteiger partial charge in [0.25, 0.3) is 0 Å². The van der Waals surface area contributed by atoms with Crippen LogP contribution in [-0.4, -0.2) is 32.7 Å². The number of ether oxygens (including phenoxy) is 1. The number of aliphatic imine (C=N–C) groups is 1. The van der Waals surface area contributed by atoms with Gasteiger partial charge in [-0.25, -0.2) is 0 Å². The first-order valence-electron chi connectivity index (χ1n) is 8.07. The van der Waals surface area contributed by atoms with Gasteiger partial charge in [0, 0.05) is 19.2 Å². The van der Waals surface area contributed by atoms with Crippen LogP contribution in [-0.2, 0) is 0 Å². The van der Waals surface area contributed by atoms with E-state index in [2.05, 4.69) is 40.7 Å². The van der Waals surface area contributed by atoms with E-state index in [1.165, 1.54) is 0 Å². The van der Waals surface area contributed by atoms with Crippen LogP contribution < -0.4 is 15.4 Å². The zero-order valence-corrected chi connectivity index (χ0v) is 13.9. The summed E-state index contributed by atoms with van der Waals surface area (Å²) in [6, 6.07) is 18.4. The molecule has 0 spiro atoms. The number of nitrogens with zero attached hydrogens (tertiary/aromatic N) is 1. The summed E-state index contributed by atoms with van der Waals surface area (Å²) in [5, 5.41) is 6.49. The minimum atomic E-state index is 0.580. The molecule has 0 amide bonds. The van der Waals surface area contributed by atoms with Gasteiger partial charge in [-0.05, 0) is 18.1 Å². The second kappa shape index (κ2) is 9.51. The fourth-order valence-corrected chi connectivity index (χ4v) is 2.24. The normalized spacial score (nSPS) is 11.1. The molecule has 4 heteroatoms. The van der Waals surface area contributed by atoms with Crippen LogP contribution in [0, 0.1) is 0 Å². The minimum Gasteiger partial charge on any atom is -0.491 e. The van der Waals surface area contributed by atoms with E-state index in [0.29, 0.717) is 13.2 Å². The lowest BCUT2D eigenvalue weighted by molar-refractivity contribution is 0.323. The van der Waals surface area contributed by atoms with E-state index in [1.54, 1.807) is 7.05 Å². The Kier molecular flexibility index (Phi) is 6.98. The van der Waals surface area contributed by atoms with Crippen molar-refractivity contribution in [3.05, 3.63) is 54.6 Å². The Bertz CT molecular complexity index is 611. The average molecular weight is 311 g/mol. The van der Waals surface area contributed by atoms with Crippen LogP contribution >= 0.6 is 0 Å². The van der Waals surface area contributed by atoms with Gasteiger partial charge in [-0.3, -0.25) is 4.99 Å². The molecule has 122 valence electrons. The molecule has 0 aliphatic rings. The van der Waals surface area contributed by atoms with E-state index in [9.17, 15) is 0 Å². The lowest BCUT2D eigenvalue weighted by Gasteiger charge is -2.14. The number of rotatable bonds is 7. The standard InChI is InChI=1S/C19H25N3O/c1-3-13-21-19(20-2)22-14-15-23-18-12-8-7-11-17(18)16-9-5-4-6-10-16/h4-12H,3,13-15H2,1-2H3,(H2,20,21,22). The molecule has 0 aliphatic heterocycles. The second-order valence-electron chi connectivity index (χ2n) is 5.14. The van der Waals surface area contributed by atoms with Crippen LogP contribution in [0.3, 0.4) is 0 Å². The Balaban J connectivity index is 1.89. The van der Waals surface area contributed by atoms with Gasteiger partial charge in [-0.1, -0.05) is 55.5 Å². The van der Waals surface area contributed by atoms with Gasteiger partial charge in [-0.2, -0.15) is 0 Å². The largest absolute Gasteiger partial charge is 0.491 e. The molecule has 0 atom stereocenters. The number of hydrogen-bond donors (Lipinski definition) is 2. The monoisotopic (exact) mass is 311 g/mol. The van der Waals surface area contributed by atoms with Crippen molar-refractivity contribution in [3.63, 3.8) is 0 Å². The SMILES string of the molecule is CCCNC(=NC)NCCOc1ccccc1-c1ccccc1. The molecule has 2 aromatic rings. The molecular formula is C19H25N3O. The van der Waals surface area contributed by atoms with Crippen LogP contribution in [0.4, 0.5) is 0 Å². The molecule has 2 N–H and O–H groups in total. The van der Waals surface area contributed by atoms with E-state index in [-0.39, 0.29) is 0 Å². The third-order valence-corrected chi connectivity index (χ3v) is 3.39. The maximum absolute atomic E-state index is 5.95. The van der Waals surface area contributed by atoms with Crippen molar-refractivity contribution in [2.75, 3.05) is 26.7 Å². The molecule has 2 aromatic carbocycles. The first-order valence-corrected chi connectivity index (χ1v) is 8.07. The Labute approximate surface area is 138 Å². The smallest absolute Gasteiger partial charge is 0.191 e. The summed E-state index contributed by atoms with van der Waals surface area (Å²) in [6.45, 7) is 4.32. The lowest BCUT2D eigenvalue weighted by atomic mass is 10.1. The summed E-state index contributed by atoms with van der Waals surface area (Å²) in [6.07, 6.45) is 1.07. The number of nitrogens with one attached hydrogen (secondary N) is 2. The highest BCUT2D eigenvalue weighted by atomic mass is 16.5. The van der Waals surface area contributed by atoms with Gasteiger partial charge in [0.2, 0.25) is 0 Å². The summed E-state index contributed by atoms with van der Waals surface area (Å²) >= 11 is 0. The summed E-state index contributed by atoms with van der Waals surface area (Å²) in [5.74, 6) is 1.71. The average Bonchev–Trinajstić information content (AvgIpc) is 2.62. The Hall–Kier alpha value is -2.49. The van der Waals surface area contributed by atoms with Crippen molar-refractivity contribution in [3.8, 4) is 16.9 Å². The topological polar surface area (TPSA) is 45.7 Å². The zero-order chi connectivity index (χ0) is 16.3. The van der Waals surface area contributed by atoms with Crippen LogP contribution in [0.15, 0.2) is 59.6 Å². The van der Waals surface area contributed by atoms with E-state index >= 15 is 0 Å². The van der Waals surface area contributed by atoms with Crippen LogP contribution in [0.2, 0.25) is 0 Å². The van der Waals surface area contributed by atoms with Crippen molar-refractivity contribution in [2.24, 2.45) is 4.99 Å². The van der Waals surface area contributed by atoms with Crippen molar-refractivity contribution < 1.29 is 4.74 Å².